The summed E-state index contributed by atoms with van der Waals surface area (Å²) < 4.78 is 16.9. The molecule has 2 fully saturated rings. The molecule has 2 aromatic rings. The average molecular weight is 359 g/mol. The lowest BCUT2D eigenvalue weighted by Gasteiger charge is -2.32. The molecule has 26 heavy (non-hydrogen) atoms. The van der Waals surface area contributed by atoms with E-state index in [0.717, 1.165) is 31.5 Å². The number of aryl methyl sites for hydroxylation is 1. The molecule has 2 heterocycles. The highest BCUT2D eigenvalue weighted by molar-refractivity contribution is 5.95. The average Bonchev–Trinajstić information content (AvgIpc) is 3.47. The van der Waals surface area contributed by atoms with Crippen molar-refractivity contribution in [3.63, 3.8) is 0 Å². The first-order chi connectivity index (χ1) is 12.5. The molecule has 6 nitrogen and oxygen atoms in total. The molecule has 1 saturated heterocycles. The molecule has 1 saturated carbocycles. The summed E-state index contributed by atoms with van der Waals surface area (Å²) >= 11 is 0. The molecule has 1 aliphatic carbocycles. The van der Waals surface area contributed by atoms with Crippen molar-refractivity contribution in [2.24, 2.45) is 0 Å². The second-order valence-electron chi connectivity index (χ2n) is 6.99. The minimum atomic E-state index is -1.27. The number of anilines is 1. The molecule has 0 spiro atoms. The van der Waals surface area contributed by atoms with Crippen LogP contribution in [0.25, 0.3) is 10.9 Å². The molecule has 1 aromatic carbocycles. The lowest BCUT2D eigenvalue weighted by atomic mass is 10.0. The van der Waals surface area contributed by atoms with Gasteiger partial charge in [-0.2, -0.15) is 0 Å². The number of carboxylic acids is 1. The number of aromatic nitrogens is 1. The number of carboxylic acid groups (broad SMARTS) is 1. The number of hydrogen-bond acceptors (Lipinski definition) is 4. The highest BCUT2D eigenvalue weighted by atomic mass is 19.1. The van der Waals surface area contributed by atoms with Gasteiger partial charge in [0.15, 0.2) is 0 Å². The monoisotopic (exact) mass is 359 g/mol. The Balaban J connectivity index is 2.05. The lowest BCUT2D eigenvalue weighted by Crippen LogP contribution is -2.44. The van der Waals surface area contributed by atoms with Gasteiger partial charge in [-0.05, 0) is 25.3 Å². The summed E-state index contributed by atoms with van der Waals surface area (Å²) in [6.07, 6.45) is 3.91. The van der Waals surface area contributed by atoms with Crippen LogP contribution < -0.4 is 15.6 Å². The first kappa shape index (κ1) is 17.0. The Morgan fingerprint density at radius 3 is 2.62 bits per heavy atom. The van der Waals surface area contributed by atoms with Crippen molar-refractivity contribution in [3.05, 3.63) is 39.4 Å². The predicted octanol–water partition coefficient (Wildman–Crippen LogP) is 2.15. The van der Waals surface area contributed by atoms with Crippen molar-refractivity contribution < 1.29 is 14.3 Å². The standard InChI is InChI=1S/C19H22FN3O3/c1-2-12-16-13(9-15(20)17(12)22-7-5-21-6-8-22)18(24)14(19(25)26)10-23(16)11-3-4-11/h9-11,21H,2-8H2,1H3,(H,25,26). The van der Waals surface area contributed by atoms with Crippen molar-refractivity contribution in [3.8, 4) is 0 Å². The van der Waals surface area contributed by atoms with Gasteiger partial charge in [-0.3, -0.25) is 4.79 Å². The maximum atomic E-state index is 15.1. The van der Waals surface area contributed by atoms with Crippen LogP contribution in [0.15, 0.2) is 17.1 Å². The van der Waals surface area contributed by atoms with Crippen LogP contribution in [-0.2, 0) is 6.42 Å². The number of pyridine rings is 1. The first-order valence-electron chi connectivity index (χ1n) is 9.12. The van der Waals surface area contributed by atoms with Crippen molar-refractivity contribution in [1.82, 2.24) is 9.88 Å². The molecule has 0 unspecified atom stereocenters. The molecule has 2 aliphatic rings. The second-order valence-corrected chi connectivity index (χ2v) is 6.99. The van der Waals surface area contributed by atoms with Crippen LogP contribution in [0.3, 0.4) is 0 Å². The minimum Gasteiger partial charge on any atom is -0.477 e. The predicted molar refractivity (Wildman–Crippen MR) is 97.9 cm³/mol. The SMILES string of the molecule is CCc1c(N2CCNCC2)c(F)cc2c(=O)c(C(=O)O)cn(C3CC3)c12. The summed E-state index contributed by atoms with van der Waals surface area (Å²) in [4.78, 5) is 26.2. The largest absolute Gasteiger partial charge is 0.477 e. The van der Waals surface area contributed by atoms with Gasteiger partial charge in [-0.1, -0.05) is 6.92 Å². The minimum absolute atomic E-state index is 0.171. The molecule has 0 atom stereocenters. The molecule has 0 bridgehead atoms. The molecule has 2 N–H and O–H groups in total. The Morgan fingerprint density at radius 2 is 2.04 bits per heavy atom. The number of carbonyl (C=O) groups is 1. The maximum Gasteiger partial charge on any atom is 0.341 e. The zero-order valence-electron chi connectivity index (χ0n) is 14.7. The van der Waals surface area contributed by atoms with E-state index in [2.05, 4.69) is 5.32 Å². The van der Waals surface area contributed by atoms with Crippen LogP contribution in [0.4, 0.5) is 10.1 Å². The number of benzene rings is 1. The number of aromatic carboxylic acids is 1. The molecule has 7 heteroatoms. The Morgan fingerprint density at radius 1 is 1.35 bits per heavy atom. The highest BCUT2D eigenvalue weighted by Crippen LogP contribution is 2.40. The highest BCUT2D eigenvalue weighted by Gasteiger charge is 2.30. The topological polar surface area (TPSA) is 74.6 Å². The fourth-order valence-corrected chi connectivity index (χ4v) is 3.92. The normalized spacial score (nSPS) is 17.7. The molecule has 138 valence electrons. The van der Waals surface area contributed by atoms with E-state index in [-0.39, 0.29) is 17.0 Å². The number of hydrogen-bond donors (Lipinski definition) is 2. The van der Waals surface area contributed by atoms with Crippen molar-refractivity contribution in [2.45, 2.75) is 32.2 Å². The fraction of sp³-hybridized carbons (Fsp3) is 0.474. The van der Waals surface area contributed by atoms with Crippen LogP contribution in [0, 0.1) is 5.82 Å². The first-order valence-corrected chi connectivity index (χ1v) is 9.12. The molecule has 1 aromatic heterocycles. The summed E-state index contributed by atoms with van der Waals surface area (Å²) in [5.41, 5.74) is 1.15. The summed E-state index contributed by atoms with van der Waals surface area (Å²) in [5, 5.41) is 12.8. The Labute approximate surface area is 150 Å². The number of piperazine rings is 1. The van der Waals surface area contributed by atoms with Crippen LogP contribution in [-0.4, -0.2) is 41.8 Å². The second kappa shape index (κ2) is 6.39. The van der Waals surface area contributed by atoms with Crippen molar-refractivity contribution in [2.75, 3.05) is 31.1 Å². The van der Waals surface area contributed by atoms with Crippen LogP contribution >= 0.6 is 0 Å². The van der Waals surface area contributed by atoms with Gasteiger partial charge in [-0.15, -0.1) is 0 Å². The quantitative estimate of drug-likeness (QED) is 0.875. The summed E-state index contributed by atoms with van der Waals surface area (Å²) in [5.74, 6) is -1.71. The van der Waals surface area contributed by atoms with Gasteiger partial charge in [0.05, 0.1) is 11.2 Å². The van der Waals surface area contributed by atoms with Gasteiger partial charge >= 0.3 is 5.97 Å². The Kier molecular flexibility index (Phi) is 4.19. The van der Waals surface area contributed by atoms with E-state index >= 15 is 4.39 Å². The van der Waals surface area contributed by atoms with Gasteiger partial charge in [0.25, 0.3) is 0 Å². The zero-order valence-corrected chi connectivity index (χ0v) is 14.7. The Hall–Kier alpha value is -2.41. The Bertz CT molecular complexity index is 943. The molecular formula is C19H22FN3O3. The van der Waals surface area contributed by atoms with E-state index in [1.165, 1.54) is 12.3 Å². The third-order valence-electron chi connectivity index (χ3n) is 5.30. The van der Waals surface area contributed by atoms with E-state index in [1.54, 1.807) is 0 Å². The third kappa shape index (κ3) is 2.67. The van der Waals surface area contributed by atoms with Crippen LogP contribution in [0.1, 0.15) is 41.7 Å². The van der Waals surface area contributed by atoms with Gasteiger partial charge < -0.3 is 19.9 Å². The van der Waals surface area contributed by atoms with E-state index in [0.29, 0.717) is 30.7 Å². The van der Waals surface area contributed by atoms with Gasteiger partial charge in [0.1, 0.15) is 11.4 Å². The molecular weight excluding hydrogens is 337 g/mol. The van der Waals surface area contributed by atoms with Crippen molar-refractivity contribution in [1.29, 1.82) is 0 Å². The summed E-state index contributed by atoms with van der Waals surface area (Å²) in [7, 11) is 0. The van der Waals surface area contributed by atoms with E-state index in [4.69, 9.17) is 0 Å². The van der Waals surface area contributed by atoms with Gasteiger partial charge in [0.2, 0.25) is 5.43 Å². The number of fused-ring (bicyclic) bond motifs is 1. The number of nitrogens with zero attached hydrogens (tertiary/aromatic N) is 2. The third-order valence-corrected chi connectivity index (χ3v) is 5.30. The summed E-state index contributed by atoms with van der Waals surface area (Å²) in [6.45, 7) is 4.93. The number of nitrogens with one attached hydrogen (secondary N) is 1. The lowest BCUT2D eigenvalue weighted by molar-refractivity contribution is 0.0695. The fourth-order valence-electron chi connectivity index (χ4n) is 3.92. The number of halogens is 1. The zero-order chi connectivity index (χ0) is 18.4. The molecule has 0 amide bonds. The smallest absolute Gasteiger partial charge is 0.341 e. The van der Waals surface area contributed by atoms with Crippen molar-refractivity contribution >= 4 is 22.6 Å². The van der Waals surface area contributed by atoms with Gasteiger partial charge in [0, 0.05) is 49.4 Å². The van der Waals surface area contributed by atoms with E-state index < -0.39 is 17.2 Å². The van der Waals surface area contributed by atoms with Crippen LogP contribution in [0.5, 0.6) is 0 Å². The maximum absolute atomic E-state index is 15.1. The molecule has 4 rings (SSSR count). The van der Waals surface area contributed by atoms with Gasteiger partial charge in [-0.25, -0.2) is 9.18 Å². The summed E-state index contributed by atoms with van der Waals surface area (Å²) in [6, 6.07) is 1.42. The van der Waals surface area contributed by atoms with E-state index in [9.17, 15) is 14.7 Å². The van der Waals surface area contributed by atoms with Crippen LogP contribution in [0.2, 0.25) is 0 Å². The molecule has 0 radical (unpaired) electrons. The van der Waals surface area contributed by atoms with E-state index in [1.807, 2.05) is 16.4 Å². The molecule has 1 aliphatic heterocycles. The number of rotatable bonds is 4.